The second-order valence-corrected chi connectivity index (χ2v) is 6.01. The minimum Gasteiger partial charge on any atom is -0.481 e. The van der Waals surface area contributed by atoms with Gasteiger partial charge in [0, 0.05) is 23.6 Å². The van der Waals surface area contributed by atoms with Crippen LogP contribution in [0.2, 0.25) is 0 Å². The van der Waals surface area contributed by atoms with Gasteiger partial charge in [-0.1, -0.05) is 30.3 Å². The number of imidazole rings is 1. The van der Waals surface area contributed by atoms with E-state index in [4.69, 9.17) is 0 Å². The summed E-state index contributed by atoms with van der Waals surface area (Å²) in [6.07, 6.45) is 5.17. The van der Waals surface area contributed by atoms with Crippen LogP contribution in [0.25, 0.3) is 5.69 Å². The molecule has 2 N–H and O–H groups in total. The van der Waals surface area contributed by atoms with Gasteiger partial charge in [-0.2, -0.15) is 0 Å². The van der Waals surface area contributed by atoms with Crippen LogP contribution in [0.3, 0.4) is 0 Å². The second-order valence-electron chi connectivity index (χ2n) is 6.01. The van der Waals surface area contributed by atoms with E-state index in [0.29, 0.717) is 5.56 Å². The van der Waals surface area contributed by atoms with Crippen LogP contribution in [-0.4, -0.2) is 26.5 Å². The Balaban J connectivity index is 1.80. The zero-order chi connectivity index (χ0) is 18.5. The van der Waals surface area contributed by atoms with Crippen LogP contribution < -0.4 is 5.32 Å². The third-order valence-electron chi connectivity index (χ3n) is 4.27. The van der Waals surface area contributed by atoms with E-state index in [0.717, 1.165) is 11.3 Å². The van der Waals surface area contributed by atoms with Crippen molar-refractivity contribution in [3.8, 4) is 5.69 Å². The van der Waals surface area contributed by atoms with E-state index in [9.17, 15) is 14.7 Å². The lowest BCUT2D eigenvalue weighted by Gasteiger charge is -2.23. The highest BCUT2D eigenvalue weighted by molar-refractivity contribution is 5.95. The fourth-order valence-corrected chi connectivity index (χ4v) is 2.72. The monoisotopic (exact) mass is 349 g/mol. The lowest BCUT2D eigenvalue weighted by Crippen LogP contribution is -2.35. The predicted molar refractivity (Wildman–Crippen MR) is 97.0 cm³/mol. The molecule has 2 aromatic carbocycles. The molecule has 0 aliphatic heterocycles. The minimum absolute atomic E-state index is 0.316. The molecule has 0 saturated carbocycles. The number of carboxylic acid groups (broad SMARTS) is 1. The van der Waals surface area contributed by atoms with Crippen LogP contribution in [0.1, 0.15) is 28.9 Å². The summed E-state index contributed by atoms with van der Waals surface area (Å²) in [5.41, 5.74) is 2.11. The molecule has 1 aromatic heterocycles. The molecule has 132 valence electrons. The zero-order valence-electron chi connectivity index (χ0n) is 14.2. The van der Waals surface area contributed by atoms with Crippen molar-refractivity contribution in [2.75, 3.05) is 0 Å². The van der Waals surface area contributed by atoms with E-state index < -0.39 is 17.9 Å². The lowest BCUT2D eigenvalue weighted by molar-refractivity contribution is -0.142. The summed E-state index contributed by atoms with van der Waals surface area (Å²) in [6, 6.07) is 15.5. The van der Waals surface area contributed by atoms with Crippen LogP contribution in [-0.2, 0) is 4.79 Å². The third kappa shape index (κ3) is 3.80. The molecule has 3 rings (SSSR count). The predicted octanol–water partition coefficient (Wildman–Crippen LogP) is 3.06. The lowest BCUT2D eigenvalue weighted by atomic mass is 9.94. The molecule has 2 atom stereocenters. The van der Waals surface area contributed by atoms with Crippen molar-refractivity contribution in [2.24, 2.45) is 5.92 Å². The van der Waals surface area contributed by atoms with Crippen LogP contribution in [0.5, 0.6) is 0 Å². The highest BCUT2D eigenvalue weighted by Crippen LogP contribution is 2.23. The maximum absolute atomic E-state index is 12.6. The number of carbonyl (C=O) groups is 2. The fraction of sp³-hybridized carbons (Fsp3) is 0.150. The summed E-state index contributed by atoms with van der Waals surface area (Å²) < 4.78 is 1.83. The molecule has 1 heterocycles. The van der Waals surface area contributed by atoms with E-state index in [1.54, 1.807) is 31.6 Å². The van der Waals surface area contributed by atoms with Crippen LogP contribution in [0.15, 0.2) is 73.3 Å². The number of nitrogens with zero attached hydrogens (tertiary/aromatic N) is 2. The van der Waals surface area contributed by atoms with Crippen molar-refractivity contribution >= 4 is 11.9 Å². The molecule has 0 bridgehead atoms. The molecule has 1 amide bonds. The molecular weight excluding hydrogens is 330 g/mol. The highest BCUT2D eigenvalue weighted by Gasteiger charge is 2.27. The summed E-state index contributed by atoms with van der Waals surface area (Å²) in [7, 11) is 0. The first kappa shape index (κ1) is 17.4. The van der Waals surface area contributed by atoms with E-state index in [1.165, 1.54) is 0 Å². The summed E-state index contributed by atoms with van der Waals surface area (Å²) in [4.78, 5) is 28.1. The van der Waals surface area contributed by atoms with E-state index in [2.05, 4.69) is 10.3 Å². The number of aliphatic carboxylic acids is 1. The van der Waals surface area contributed by atoms with Gasteiger partial charge in [-0.05, 0) is 36.8 Å². The van der Waals surface area contributed by atoms with Gasteiger partial charge in [-0.25, -0.2) is 4.98 Å². The number of nitrogens with one attached hydrogen (secondary N) is 1. The first-order valence-corrected chi connectivity index (χ1v) is 8.23. The number of benzene rings is 2. The Morgan fingerprint density at radius 1 is 1.08 bits per heavy atom. The number of aromatic nitrogens is 2. The summed E-state index contributed by atoms with van der Waals surface area (Å²) in [6.45, 7) is 1.59. The maximum atomic E-state index is 12.6. The Morgan fingerprint density at radius 3 is 2.35 bits per heavy atom. The second kappa shape index (κ2) is 7.65. The van der Waals surface area contributed by atoms with Gasteiger partial charge >= 0.3 is 5.97 Å². The Labute approximate surface area is 151 Å². The van der Waals surface area contributed by atoms with E-state index in [1.807, 2.05) is 53.2 Å². The average molecular weight is 349 g/mol. The topological polar surface area (TPSA) is 84.2 Å². The normalized spacial score (nSPS) is 13.0. The first-order chi connectivity index (χ1) is 12.6. The summed E-state index contributed by atoms with van der Waals surface area (Å²) in [5.74, 6) is -2.04. The quantitative estimate of drug-likeness (QED) is 0.716. The maximum Gasteiger partial charge on any atom is 0.308 e. The standard InChI is InChI=1S/C20H19N3O3/c1-14(20(25)26)18(15-5-3-2-4-6-15)22-19(24)16-7-9-17(10-8-16)23-12-11-21-13-23/h2-14,18H,1H3,(H,22,24)(H,25,26). The van der Waals surface area contributed by atoms with Gasteiger partial charge in [0.1, 0.15) is 0 Å². The Hall–Kier alpha value is -3.41. The van der Waals surface area contributed by atoms with Crippen molar-refractivity contribution in [1.29, 1.82) is 0 Å². The van der Waals surface area contributed by atoms with Crippen molar-refractivity contribution in [3.63, 3.8) is 0 Å². The largest absolute Gasteiger partial charge is 0.481 e. The molecule has 0 fully saturated rings. The Kier molecular flexibility index (Phi) is 5.12. The zero-order valence-corrected chi connectivity index (χ0v) is 14.2. The SMILES string of the molecule is CC(C(=O)O)C(NC(=O)c1ccc(-n2ccnc2)cc1)c1ccccc1. The molecule has 0 saturated heterocycles. The van der Waals surface area contributed by atoms with E-state index >= 15 is 0 Å². The highest BCUT2D eigenvalue weighted by atomic mass is 16.4. The van der Waals surface area contributed by atoms with Gasteiger partial charge in [0.05, 0.1) is 18.3 Å². The number of carboxylic acids is 1. The number of carbonyl (C=O) groups excluding carboxylic acids is 1. The number of amides is 1. The van der Waals surface area contributed by atoms with Gasteiger partial charge in [0.25, 0.3) is 5.91 Å². The van der Waals surface area contributed by atoms with Gasteiger partial charge in [-0.3, -0.25) is 9.59 Å². The number of hydrogen-bond acceptors (Lipinski definition) is 3. The van der Waals surface area contributed by atoms with Crippen molar-refractivity contribution in [1.82, 2.24) is 14.9 Å². The summed E-state index contributed by atoms with van der Waals surface area (Å²) in [5, 5.41) is 12.2. The van der Waals surface area contributed by atoms with Crippen LogP contribution in [0, 0.1) is 5.92 Å². The molecular formula is C20H19N3O3. The molecule has 26 heavy (non-hydrogen) atoms. The molecule has 0 radical (unpaired) electrons. The summed E-state index contributed by atoms with van der Waals surface area (Å²) >= 11 is 0. The van der Waals surface area contributed by atoms with E-state index in [-0.39, 0.29) is 5.91 Å². The van der Waals surface area contributed by atoms with Crippen molar-refractivity contribution < 1.29 is 14.7 Å². The molecule has 0 aliphatic carbocycles. The Morgan fingerprint density at radius 2 is 1.77 bits per heavy atom. The molecule has 0 spiro atoms. The Bertz CT molecular complexity index is 874. The van der Waals surface area contributed by atoms with Gasteiger partial charge < -0.3 is 15.0 Å². The third-order valence-corrected chi connectivity index (χ3v) is 4.27. The van der Waals surface area contributed by atoms with Crippen molar-refractivity contribution in [3.05, 3.63) is 84.4 Å². The van der Waals surface area contributed by atoms with Crippen LogP contribution >= 0.6 is 0 Å². The molecule has 6 nitrogen and oxygen atoms in total. The molecule has 6 heteroatoms. The first-order valence-electron chi connectivity index (χ1n) is 8.23. The number of hydrogen-bond donors (Lipinski definition) is 2. The van der Waals surface area contributed by atoms with Crippen LogP contribution in [0.4, 0.5) is 0 Å². The van der Waals surface area contributed by atoms with Gasteiger partial charge in [0.15, 0.2) is 0 Å². The van der Waals surface area contributed by atoms with Gasteiger partial charge in [0.2, 0.25) is 0 Å². The molecule has 2 unspecified atom stereocenters. The molecule has 0 aliphatic rings. The van der Waals surface area contributed by atoms with Crippen molar-refractivity contribution in [2.45, 2.75) is 13.0 Å². The smallest absolute Gasteiger partial charge is 0.308 e. The minimum atomic E-state index is -0.963. The number of rotatable bonds is 6. The molecule has 3 aromatic rings. The average Bonchev–Trinajstić information content (AvgIpc) is 3.21. The van der Waals surface area contributed by atoms with Gasteiger partial charge in [-0.15, -0.1) is 0 Å². The fourth-order valence-electron chi connectivity index (χ4n) is 2.72.